The summed E-state index contributed by atoms with van der Waals surface area (Å²) in [5, 5.41) is 18.9. The Morgan fingerprint density at radius 3 is 2.79 bits per heavy atom. The van der Waals surface area contributed by atoms with E-state index in [1.54, 1.807) is 0 Å². The van der Waals surface area contributed by atoms with Gasteiger partial charge in [-0.2, -0.15) is 0 Å². The van der Waals surface area contributed by atoms with Crippen molar-refractivity contribution in [3.63, 3.8) is 0 Å². The SMILES string of the molecule is O=C(O)CC12CCCCC1CCC2O. The summed E-state index contributed by atoms with van der Waals surface area (Å²) < 4.78 is 0. The van der Waals surface area contributed by atoms with Gasteiger partial charge in [-0.25, -0.2) is 0 Å². The molecule has 2 aliphatic rings. The van der Waals surface area contributed by atoms with Crippen LogP contribution in [0.4, 0.5) is 0 Å². The van der Waals surface area contributed by atoms with Crippen molar-refractivity contribution in [2.75, 3.05) is 0 Å². The maximum Gasteiger partial charge on any atom is 0.304 e. The van der Waals surface area contributed by atoms with Crippen LogP contribution in [0.2, 0.25) is 0 Å². The molecule has 2 fully saturated rings. The van der Waals surface area contributed by atoms with Crippen molar-refractivity contribution >= 4 is 5.97 Å². The lowest BCUT2D eigenvalue weighted by Gasteiger charge is -2.40. The van der Waals surface area contributed by atoms with Crippen LogP contribution < -0.4 is 0 Å². The molecule has 0 saturated heterocycles. The molecule has 0 aromatic carbocycles. The maximum atomic E-state index is 10.8. The minimum absolute atomic E-state index is 0.166. The van der Waals surface area contributed by atoms with E-state index in [0.29, 0.717) is 5.92 Å². The van der Waals surface area contributed by atoms with Gasteiger partial charge in [0.2, 0.25) is 0 Å². The monoisotopic (exact) mass is 198 g/mol. The fourth-order valence-corrected chi connectivity index (χ4v) is 3.49. The summed E-state index contributed by atoms with van der Waals surface area (Å²) in [7, 11) is 0. The molecule has 0 aromatic heterocycles. The van der Waals surface area contributed by atoms with Gasteiger partial charge in [-0.05, 0) is 31.6 Å². The molecule has 2 aliphatic carbocycles. The molecule has 0 spiro atoms. The number of carboxylic acids is 1. The molecular formula is C11H18O3. The summed E-state index contributed by atoms with van der Waals surface area (Å²) in [6.45, 7) is 0. The zero-order valence-corrected chi connectivity index (χ0v) is 8.41. The Bertz CT molecular complexity index is 237. The van der Waals surface area contributed by atoms with Crippen LogP contribution in [0.1, 0.15) is 44.9 Å². The number of fused-ring (bicyclic) bond motifs is 1. The Kier molecular flexibility index (Phi) is 2.52. The molecule has 2 rings (SSSR count). The molecule has 0 aliphatic heterocycles. The number of hydrogen-bond donors (Lipinski definition) is 2. The molecule has 0 aromatic rings. The van der Waals surface area contributed by atoms with Gasteiger partial charge in [-0.3, -0.25) is 4.79 Å². The van der Waals surface area contributed by atoms with Gasteiger partial charge in [-0.1, -0.05) is 12.8 Å². The first-order valence-corrected chi connectivity index (χ1v) is 5.55. The van der Waals surface area contributed by atoms with Crippen LogP contribution >= 0.6 is 0 Å². The molecule has 3 heteroatoms. The summed E-state index contributed by atoms with van der Waals surface area (Å²) in [5.41, 5.74) is -0.274. The Morgan fingerprint density at radius 1 is 1.29 bits per heavy atom. The molecule has 0 amide bonds. The zero-order chi connectivity index (χ0) is 10.2. The second kappa shape index (κ2) is 3.54. The molecule has 80 valence electrons. The van der Waals surface area contributed by atoms with Gasteiger partial charge >= 0.3 is 5.97 Å². The van der Waals surface area contributed by atoms with Gasteiger partial charge in [-0.15, -0.1) is 0 Å². The normalized spacial score (nSPS) is 42.1. The van der Waals surface area contributed by atoms with Crippen molar-refractivity contribution in [3.05, 3.63) is 0 Å². The van der Waals surface area contributed by atoms with E-state index in [2.05, 4.69) is 0 Å². The van der Waals surface area contributed by atoms with Crippen LogP contribution in [0, 0.1) is 11.3 Å². The van der Waals surface area contributed by atoms with Crippen LogP contribution in [0.25, 0.3) is 0 Å². The fraction of sp³-hybridized carbons (Fsp3) is 0.909. The highest BCUT2D eigenvalue weighted by molar-refractivity contribution is 5.68. The maximum absolute atomic E-state index is 10.8. The van der Waals surface area contributed by atoms with E-state index in [0.717, 1.165) is 32.1 Å². The molecule has 0 radical (unpaired) electrons. The predicted octanol–water partition coefficient (Wildman–Crippen LogP) is 1.79. The van der Waals surface area contributed by atoms with Gasteiger partial charge in [0.25, 0.3) is 0 Å². The number of rotatable bonds is 2. The summed E-state index contributed by atoms with van der Waals surface area (Å²) in [4.78, 5) is 10.8. The quantitative estimate of drug-likeness (QED) is 0.711. The smallest absolute Gasteiger partial charge is 0.304 e. The van der Waals surface area contributed by atoms with Crippen LogP contribution in [-0.2, 0) is 4.79 Å². The highest BCUT2D eigenvalue weighted by Gasteiger charge is 2.51. The molecule has 3 unspecified atom stereocenters. The third kappa shape index (κ3) is 1.44. The lowest BCUT2D eigenvalue weighted by atomic mass is 9.65. The lowest BCUT2D eigenvalue weighted by molar-refractivity contribution is -0.144. The first kappa shape index (κ1) is 9.97. The van der Waals surface area contributed by atoms with Gasteiger partial charge in [0, 0.05) is 5.41 Å². The van der Waals surface area contributed by atoms with Gasteiger partial charge in [0.1, 0.15) is 0 Å². The molecule has 3 nitrogen and oxygen atoms in total. The number of carbonyl (C=O) groups is 1. The third-order valence-corrected chi connectivity index (χ3v) is 4.19. The van der Waals surface area contributed by atoms with Crippen molar-refractivity contribution in [1.82, 2.24) is 0 Å². The van der Waals surface area contributed by atoms with Crippen LogP contribution in [0.15, 0.2) is 0 Å². The fourth-order valence-electron chi connectivity index (χ4n) is 3.49. The van der Waals surface area contributed by atoms with Crippen molar-refractivity contribution in [3.8, 4) is 0 Å². The van der Waals surface area contributed by atoms with E-state index in [1.807, 2.05) is 0 Å². The van der Waals surface area contributed by atoms with E-state index >= 15 is 0 Å². The number of aliphatic hydroxyl groups excluding tert-OH is 1. The van der Waals surface area contributed by atoms with E-state index in [-0.39, 0.29) is 17.9 Å². The van der Waals surface area contributed by atoms with Gasteiger partial charge in [0.15, 0.2) is 0 Å². The summed E-state index contributed by atoms with van der Waals surface area (Å²) in [6, 6.07) is 0. The minimum atomic E-state index is -0.752. The highest BCUT2D eigenvalue weighted by atomic mass is 16.4. The van der Waals surface area contributed by atoms with E-state index in [1.165, 1.54) is 6.42 Å². The molecule has 0 heterocycles. The molecule has 14 heavy (non-hydrogen) atoms. The molecule has 3 atom stereocenters. The number of hydrogen-bond acceptors (Lipinski definition) is 2. The van der Waals surface area contributed by atoms with E-state index in [9.17, 15) is 9.90 Å². The Balaban J connectivity index is 2.19. The topological polar surface area (TPSA) is 57.5 Å². The van der Waals surface area contributed by atoms with E-state index in [4.69, 9.17) is 5.11 Å². The predicted molar refractivity (Wildman–Crippen MR) is 51.9 cm³/mol. The largest absolute Gasteiger partial charge is 0.481 e. The van der Waals surface area contributed by atoms with Crippen LogP contribution in [-0.4, -0.2) is 22.3 Å². The lowest BCUT2D eigenvalue weighted by Crippen LogP contribution is -2.39. The van der Waals surface area contributed by atoms with Gasteiger partial charge in [0.05, 0.1) is 12.5 Å². The van der Waals surface area contributed by atoms with Crippen LogP contribution in [0.5, 0.6) is 0 Å². The van der Waals surface area contributed by atoms with Crippen molar-refractivity contribution < 1.29 is 15.0 Å². The Labute approximate surface area is 84.1 Å². The number of aliphatic carboxylic acids is 1. The zero-order valence-electron chi connectivity index (χ0n) is 8.41. The second-order valence-corrected chi connectivity index (χ2v) is 4.84. The van der Waals surface area contributed by atoms with Crippen molar-refractivity contribution in [2.45, 2.75) is 51.0 Å². The molecule has 2 saturated carbocycles. The molecule has 2 N–H and O–H groups in total. The Hall–Kier alpha value is -0.570. The number of aliphatic hydroxyl groups is 1. The second-order valence-electron chi connectivity index (χ2n) is 4.84. The first-order valence-electron chi connectivity index (χ1n) is 5.55. The minimum Gasteiger partial charge on any atom is -0.481 e. The third-order valence-electron chi connectivity index (χ3n) is 4.19. The highest BCUT2D eigenvalue weighted by Crippen LogP contribution is 2.54. The summed E-state index contributed by atoms with van der Waals surface area (Å²) in [5.74, 6) is -0.291. The van der Waals surface area contributed by atoms with Gasteiger partial charge < -0.3 is 10.2 Å². The first-order chi connectivity index (χ1) is 6.65. The van der Waals surface area contributed by atoms with Crippen molar-refractivity contribution in [1.29, 1.82) is 0 Å². The number of carboxylic acid groups (broad SMARTS) is 1. The van der Waals surface area contributed by atoms with Crippen LogP contribution in [0.3, 0.4) is 0 Å². The molecular weight excluding hydrogens is 180 g/mol. The van der Waals surface area contributed by atoms with E-state index < -0.39 is 5.97 Å². The summed E-state index contributed by atoms with van der Waals surface area (Å²) in [6.07, 6.45) is 5.93. The Morgan fingerprint density at radius 2 is 2.07 bits per heavy atom. The van der Waals surface area contributed by atoms with Crippen molar-refractivity contribution in [2.24, 2.45) is 11.3 Å². The average molecular weight is 198 g/mol. The molecule has 0 bridgehead atoms. The summed E-state index contributed by atoms with van der Waals surface area (Å²) >= 11 is 0. The standard InChI is InChI=1S/C11H18O3/c12-9-5-4-8-3-1-2-6-11(8,9)7-10(13)14/h8-9,12H,1-7H2,(H,13,14). The average Bonchev–Trinajstić information content (AvgIpc) is 2.44.